The van der Waals surface area contributed by atoms with Gasteiger partial charge in [0, 0.05) is 11.0 Å². The van der Waals surface area contributed by atoms with Gasteiger partial charge >= 0.3 is 7.12 Å². The molecule has 0 fully saturated rings. The van der Waals surface area contributed by atoms with Crippen LogP contribution in [0.3, 0.4) is 0 Å². The minimum Gasteiger partial charge on any atom is -0.508 e. The summed E-state index contributed by atoms with van der Waals surface area (Å²) in [6.45, 7) is 0. The third-order valence-corrected chi connectivity index (χ3v) is 2.80. The fourth-order valence-corrected chi connectivity index (χ4v) is 1.74. The van der Waals surface area contributed by atoms with Gasteiger partial charge in [0.05, 0.1) is 0 Å². The second-order valence-corrected chi connectivity index (χ2v) is 4.27. The second-order valence-electron chi connectivity index (χ2n) is 4.27. The maximum absolute atomic E-state index is 9.62. The van der Waals surface area contributed by atoms with E-state index in [1.807, 2.05) is 0 Å². The highest BCUT2D eigenvalue weighted by Gasteiger charge is 2.15. The van der Waals surface area contributed by atoms with E-state index in [2.05, 4.69) is 0 Å². The summed E-state index contributed by atoms with van der Waals surface area (Å²) in [5, 5.41) is 46.6. The van der Waals surface area contributed by atoms with Crippen molar-refractivity contribution in [3.8, 4) is 17.2 Å². The van der Waals surface area contributed by atoms with Gasteiger partial charge in [0.15, 0.2) is 0 Å². The molecule has 0 saturated carbocycles. The van der Waals surface area contributed by atoms with Crippen LogP contribution in [0.2, 0.25) is 0 Å². The predicted molar refractivity (Wildman–Crippen MR) is 76.6 cm³/mol. The lowest BCUT2D eigenvalue weighted by Crippen LogP contribution is -2.30. The molecule has 0 aliphatic heterocycles. The number of hydrogen-bond donors (Lipinski definition) is 5. The summed E-state index contributed by atoms with van der Waals surface area (Å²) in [6.07, 6.45) is 3.18. The second kappa shape index (κ2) is 5.69. The summed E-state index contributed by atoms with van der Waals surface area (Å²) >= 11 is 0. The fourth-order valence-electron chi connectivity index (χ4n) is 1.74. The number of phenolic OH excluding ortho intramolecular Hbond substituents is 3. The first-order valence-electron chi connectivity index (χ1n) is 5.86. The van der Waals surface area contributed by atoms with Crippen LogP contribution in [0.5, 0.6) is 17.2 Å². The zero-order valence-corrected chi connectivity index (χ0v) is 10.4. The minimum atomic E-state index is -1.77. The molecule has 5 N–H and O–H groups in total. The lowest BCUT2D eigenvalue weighted by Gasteiger charge is -2.04. The number of phenols is 3. The van der Waals surface area contributed by atoms with Crippen LogP contribution in [0.1, 0.15) is 11.1 Å². The largest absolute Gasteiger partial charge is 0.508 e. The first-order chi connectivity index (χ1) is 9.47. The van der Waals surface area contributed by atoms with Crippen LogP contribution in [0.15, 0.2) is 36.4 Å². The molecule has 0 amide bonds. The molecular formula is C14H13BO5. The van der Waals surface area contributed by atoms with Crippen molar-refractivity contribution >= 4 is 24.7 Å². The van der Waals surface area contributed by atoms with Crippen LogP contribution in [-0.4, -0.2) is 32.5 Å². The van der Waals surface area contributed by atoms with Crippen molar-refractivity contribution in [2.75, 3.05) is 0 Å². The molecule has 6 heteroatoms. The molecule has 0 saturated heterocycles. The standard InChI is InChI=1S/C14H13BO5/c16-11-4-6-13(17)10(8-11)3-1-9-2-5-14(18)12(7-9)15(19)20/h1-8,16-20H/b3-1+. The molecule has 2 rings (SSSR count). The maximum Gasteiger partial charge on any atom is 0.492 e. The first kappa shape index (κ1) is 14.0. The van der Waals surface area contributed by atoms with Gasteiger partial charge in [0.25, 0.3) is 0 Å². The molecule has 0 heterocycles. The van der Waals surface area contributed by atoms with Gasteiger partial charge < -0.3 is 25.4 Å². The van der Waals surface area contributed by atoms with E-state index in [0.29, 0.717) is 11.1 Å². The van der Waals surface area contributed by atoms with Crippen molar-refractivity contribution in [1.29, 1.82) is 0 Å². The van der Waals surface area contributed by atoms with Crippen molar-refractivity contribution in [1.82, 2.24) is 0 Å². The monoisotopic (exact) mass is 272 g/mol. The van der Waals surface area contributed by atoms with Crippen molar-refractivity contribution in [3.63, 3.8) is 0 Å². The molecule has 102 valence electrons. The van der Waals surface area contributed by atoms with E-state index in [-0.39, 0.29) is 22.7 Å². The Hall–Kier alpha value is -2.44. The molecule has 2 aromatic carbocycles. The number of aromatic hydroxyl groups is 3. The smallest absolute Gasteiger partial charge is 0.492 e. The van der Waals surface area contributed by atoms with Crippen molar-refractivity contribution in [2.45, 2.75) is 0 Å². The highest BCUT2D eigenvalue weighted by molar-refractivity contribution is 6.59. The van der Waals surface area contributed by atoms with Crippen LogP contribution >= 0.6 is 0 Å². The molecular weight excluding hydrogens is 259 g/mol. The fraction of sp³-hybridized carbons (Fsp3) is 0. The third kappa shape index (κ3) is 3.11. The van der Waals surface area contributed by atoms with Gasteiger partial charge in [-0.25, -0.2) is 0 Å². The van der Waals surface area contributed by atoms with Gasteiger partial charge in [-0.2, -0.15) is 0 Å². The lowest BCUT2D eigenvalue weighted by atomic mass is 9.79. The molecule has 5 nitrogen and oxygen atoms in total. The van der Waals surface area contributed by atoms with E-state index in [4.69, 9.17) is 10.0 Å². The van der Waals surface area contributed by atoms with Gasteiger partial charge in [-0.05, 0) is 29.8 Å². The zero-order chi connectivity index (χ0) is 14.7. The average Bonchev–Trinajstić information content (AvgIpc) is 2.41. The normalized spacial score (nSPS) is 10.9. The van der Waals surface area contributed by atoms with Crippen LogP contribution in [0.4, 0.5) is 0 Å². The maximum atomic E-state index is 9.62. The summed E-state index contributed by atoms with van der Waals surface area (Å²) in [7, 11) is -1.77. The Morgan fingerprint density at radius 2 is 1.50 bits per heavy atom. The average molecular weight is 272 g/mol. The van der Waals surface area contributed by atoms with E-state index in [1.54, 1.807) is 18.2 Å². The van der Waals surface area contributed by atoms with Crippen LogP contribution in [0.25, 0.3) is 12.2 Å². The molecule has 0 aliphatic carbocycles. The molecule has 2 aromatic rings. The zero-order valence-electron chi connectivity index (χ0n) is 10.4. The van der Waals surface area contributed by atoms with E-state index >= 15 is 0 Å². The topological polar surface area (TPSA) is 101 Å². The quantitative estimate of drug-likeness (QED) is 0.321. The van der Waals surface area contributed by atoms with Gasteiger partial charge in [0.1, 0.15) is 17.2 Å². The van der Waals surface area contributed by atoms with Gasteiger partial charge in [-0.1, -0.05) is 24.3 Å². The number of hydrogen-bond acceptors (Lipinski definition) is 5. The summed E-state index contributed by atoms with van der Waals surface area (Å²) in [5.74, 6) is -0.169. The van der Waals surface area contributed by atoms with Gasteiger partial charge in [0.2, 0.25) is 0 Å². The summed E-state index contributed by atoms with van der Waals surface area (Å²) < 4.78 is 0. The summed E-state index contributed by atoms with van der Waals surface area (Å²) in [4.78, 5) is 0. The van der Waals surface area contributed by atoms with Gasteiger partial charge in [-0.3, -0.25) is 0 Å². The molecule has 0 unspecified atom stereocenters. The molecule has 0 spiro atoms. The SMILES string of the molecule is OB(O)c1cc(/C=C/c2cc(O)ccc2O)ccc1O. The Kier molecular flexibility index (Phi) is 3.98. The minimum absolute atomic E-state index is 0.00715. The predicted octanol–water partition coefficient (Wildman–Crippen LogP) is 0.654. The van der Waals surface area contributed by atoms with E-state index < -0.39 is 7.12 Å². The van der Waals surface area contributed by atoms with Crippen molar-refractivity contribution < 1.29 is 25.4 Å². The van der Waals surface area contributed by atoms with Crippen molar-refractivity contribution in [3.05, 3.63) is 47.5 Å². The molecule has 0 aromatic heterocycles. The highest BCUT2D eigenvalue weighted by Crippen LogP contribution is 2.24. The van der Waals surface area contributed by atoms with Crippen LogP contribution < -0.4 is 5.46 Å². The third-order valence-electron chi connectivity index (χ3n) is 2.80. The van der Waals surface area contributed by atoms with Crippen LogP contribution in [0, 0.1) is 0 Å². The lowest BCUT2D eigenvalue weighted by molar-refractivity contribution is 0.419. The Labute approximate surface area is 115 Å². The Balaban J connectivity index is 2.32. The number of rotatable bonds is 3. The molecule has 0 aliphatic rings. The molecule has 0 bridgehead atoms. The molecule has 20 heavy (non-hydrogen) atoms. The summed E-state index contributed by atoms with van der Waals surface area (Å²) in [6, 6.07) is 8.47. The Bertz CT molecular complexity index is 652. The van der Waals surface area contributed by atoms with E-state index in [1.165, 1.54) is 30.3 Å². The molecule has 0 atom stereocenters. The highest BCUT2D eigenvalue weighted by atomic mass is 16.4. The Morgan fingerprint density at radius 3 is 2.20 bits per heavy atom. The Morgan fingerprint density at radius 1 is 0.800 bits per heavy atom. The molecule has 0 radical (unpaired) electrons. The number of benzene rings is 2. The van der Waals surface area contributed by atoms with Crippen LogP contribution in [-0.2, 0) is 0 Å². The summed E-state index contributed by atoms with van der Waals surface area (Å²) in [5.41, 5.74) is 1.02. The van der Waals surface area contributed by atoms with Crippen molar-refractivity contribution in [2.24, 2.45) is 0 Å². The van der Waals surface area contributed by atoms with Gasteiger partial charge in [-0.15, -0.1) is 0 Å². The first-order valence-corrected chi connectivity index (χ1v) is 5.86. The van der Waals surface area contributed by atoms with E-state index in [0.717, 1.165) is 0 Å². The van der Waals surface area contributed by atoms with E-state index in [9.17, 15) is 15.3 Å².